The number of aliphatic hydroxyl groups is 2. The summed E-state index contributed by atoms with van der Waals surface area (Å²) >= 11 is 0. The van der Waals surface area contributed by atoms with E-state index in [2.05, 4.69) is 63.9 Å². The van der Waals surface area contributed by atoms with Crippen LogP contribution in [0, 0.1) is 5.92 Å². The maximum atomic E-state index is 8.96. The quantitative estimate of drug-likeness (QED) is 0.134. The highest BCUT2D eigenvalue weighted by molar-refractivity contribution is 5.42. The van der Waals surface area contributed by atoms with Crippen LogP contribution in [0.15, 0.2) is 0 Å². The van der Waals surface area contributed by atoms with Gasteiger partial charge in [0.25, 0.3) is 0 Å². The van der Waals surface area contributed by atoms with Crippen LogP contribution in [0.4, 0.5) is 17.8 Å². The molecule has 0 radical (unpaired) electrons. The first-order valence-corrected chi connectivity index (χ1v) is 14.7. The molecular formula is C28H55N7O3. The van der Waals surface area contributed by atoms with Crippen molar-refractivity contribution in [3.63, 3.8) is 0 Å². The van der Waals surface area contributed by atoms with Crippen LogP contribution in [0.3, 0.4) is 0 Å². The third-order valence-corrected chi connectivity index (χ3v) is 7.13. The molecular weight excluding hydrogens is 482 g/mol. The van der Waals surface area contributed by atoms with E-state index >= 15 is 0 Å². The molecule has 0 saturated carbocycles. The van der Waals surface area contributed by atoms with E-state index in [1.807, 2.05) is 7.11 Å². The molecule has 0 bridgehead atoms. The van der Waals surface area contributed by atoms with Gasteiger partial charge in [-0.25, -0.2) is 0 Å². The van der Waals surface area contributed by atoms with Gasteiger partial charge in [0, 0.05) is 51.0 Å². The van der Waals surface area contributed by atoms with E-state index in [0.717, 1.165) is 83.7 Å². The van der Waals surface area contributed by atoms with Crippen LogP contribution in [0.1, 0.15) is 98.3 Å². The van der Waals surface area contributed by atoms with Gasteiger partial charge in [-0.3, -0.25) is 0 Å². The average molecular weight is 538 g/mol. The van der Waals surface area contributed by atoms with Crippen molar-refractivity contribution in [2.75, 3.05) is 55.9 Å². The standard InChI is InChI=1S/C28H55N7O3/c1-27(2)20-22(21-28(3,4)35-27)23(38-5)14-17-31-26-33-24(29-15-10-6-8-12-18-36)32-25(34-26)30-16-11-7-9-13-19-37/h22-23,35-37H,6-21H2,1-5H3,(H3,29,30,31,32,33,34). The lowest BCUT2D eigenvalue weighted by Crippen LogP contribution is -2.59. The number of unbranched alkanes of at least 4 members (excludes halogenated alkanes) is 6. The zero-order valence-corrected chi connectivity index (χ0v) is 24.6. The number of aromatic nitrogens is 3. The molecule has 2 heterocycles. The summed E-state index contributed by atoms with van der Waals surface area (Å²) in [5.41, 5.74) is 0.171. The maximum Gasteiger partial charge on any atom is 0.229 e. The Balaban J connectivity index is 1.94. The second kappa shape index (κ2) is 17.0. The highest BCUT2D eigenvalue weighted by Crippen LogP contribution is 2.36. The molecule has 1 aliphatic rings. The topological polar surface area (TPSA) is 136 Å². The van der Waals surface area contributed by atoms with Crippen LogP contribution >= 0.6 is 0 Å². The predicted molar refractivity (Wildman–Crippen MR) is 156 cm³/mol. The molecule has 38 heavy (non-hydrogen) atoms. The summed E-state index contributed by atoms with van der Waals surface area (Å²) < 4.78 is 5.97. The summed E-state index contributed by atoms with van der Waals surface area (Å²) in [6.07, 6.45) is 11.1. The molecule has 1 unspecified atom stereocenters. The number of anilines is 3. The van der Waals surface area contributed by atoms with Crippen molar-refractivity contribution in [3.05, 3.63) is 0 Å². The van der Waals surface area contributed by atoms with E-state index in [9.17, 15) is 0 Å². The molecule has 0 aliphatic carbocycles. The van der Waals surface area contributed by atoms with Gasteiger partial charge in [-0.05, 0) is 78.6 Å². The van der Waals surface area contributed by atoms with Gasteiger partial charge in [-0.2, -0.15) is 15.0 Å². The van der Waals surface area contributed by atoms with Crippen LogP contribution in [0.2, 0.25) is 0 Å². The predicted octanol–water partition coefficient (Wildman–Crippen LogP) is 4.17. The van der Waals surface area contributed by atoms with Gasteiger partial charge in [0.2, 0.25) is 17.8 Å². The second-order valence-corrected chi connectivity index (χ2v) is 12.0. The Labute approximate surface area is 230 Å². The number of nitrogens with one attached hydrogen (secondary N) is 4. The minimum Gasteiger partial charge on any atom is -0.396 e. The van der Waals surface area contributed by atoms with Crippen LogP contribution < -0.4 is 21.3 Å². The molecule has 10 nitrogen and oxygen atoms in total. The van der Waals surface area contributed by atoms with Crippen LogP contribution in [0.5, 0.6) is 0 Å². The van der Waals surface area contributed by atoms with E-state index in [0.29, 0.717) is 30.3 Å². The normalized spacial score (nSPS) is 17.8. The van der Waals surface area contributed by atoms with Gasteiger partial charge < -0.3 is 36.2 Å². The van der Waals surface area contributed by atoms with Gasteiger partial charge in [0.15, 0.2) is 0 Å². The van der Waals surface area contributed by atoms with Crippen molar-refractivity contribution in [1.29, 1.82) is 0 Å². The molecule has 0 aromatic carbocycles. The first-order valence-electron chi connectivity index (χ1n) is 14.7. The van der Waals surface area contributed by atoms with E-state index in [1.165, 1.54) is 0 Å². The van der Waals surface area contributed by atoms with Crippen LogP contribution in [-0.4, -0.2) is 82.3 Å². The third kappa shape index (κ3) is 12.9. The maximum absolute atomic E-state index is 8.96. The van der Waals surface area contributed by atoms with E-state index < -0.39 is 0 Å². The lowest BCUT2D eigenvalue weighted by molar-refractivity contribution is -0.00438. The Morgan fingerprint density at radius 2 is 1.16 bits per heavy atom. The average Bonchev–Trinajstić information content (AvgIpc) is 2.84. The van der Waals surface area contributed by atoms with Crippen LogP contribution in [-0.2, 0) is 4.74 Å². The van der Waals surface area contributed by atoms with Gasteiger partial charge in [0.05, 0.1) is 6.10 Å². The van der Waals surface area contributed by atoms with Crippen molar-refractivity contribution in [3.8, 4) is 0 Å². The molecule has 1 fully saturated rings. The van der Waals surface area contributed by atoms with E-state index in [-0.39, 0.29) is 30.4 Å². The minimum absolute atomic E-state index is 0.0855. The molecule has 1 atom stereocenters. The lowest BCUT2D eigenvalue weighted by Gasteiger charge is -2.48. The minimum atomic E-state index is 0.0855. The fraction of sp³-hybridized carbons (Fsp3) is 0.893. The van der Waals surface area contributed by atoms with Crippen molar-refractivity contribution >= 4 is 17.8 Å². The Morgan fingerprint density at radius 1 is 0.737 bits per heavy atom. The Bertz CT molecular complexity index is 729. The van der Waals surface area contributed by atoms with Crippen molar-refractivity contribution in [2.45, 2.75) is 116 Å². The molecule has 10 heteroatoms. The first-order chi connectivity index (χ1) is 18.2. The second-order valence-electron chi connectivity index (χ2n) is 12.0. The number of piperidine rings is 1. The first kappa shape index (κ1) is 32.5. The number of rotatable bonds is 20. The highest BCUT2D eigenvalue weighted by Gasteiger charge is 2.40. The molecule has 1 saturated heterocycles. The largest absolute Gasteiger partial charge is 0.396 e. The zero-order chi connectivity index (χ0) is 27.9. The summed E-state index contributed by atoms with van der Waals surface area (Å²) in [5.74, 6) is 2.18. The summed E-state index contributed by atoms with van der Waals surface area (Å²) in [6.45, 7) is 11.9. The Hall–Kier alpha value is -1.75. The van der Waals surface area contributed by atoms with Crippen molar-refractivity contribution in [1.82, 2.24) is 20.3 Å². The molecule has 1 aliphatic heterocycles. The highest BCUT2D eigenvalue weighted by atomic mass is 16.5. The molecule has 0 amide bonds. The van der Waals surface area contributed by atoms with Gasteiger partial charge >= 0.3 is 0 Å². The smallest absolute Gasteiger partial charge is 0.229 e. The third-order valence-electron chi connectivity index (χ3n) is 7.13. The summed E-state index contributed by atoms with van der Waals surface area (Å²) in [6, 6.07) is 0. The number of hydrogen-bond donors (Lipinski definition) is 6. The van der Waals surface area contributed by atoms with Gasteiger partial charge in [0.1, 0.15) is 0 Å². The lowest BCUT2D eigenvalue weighted by atomic mass is 9.73. The fourth-order valence-corrected chi connectivity index (χ4v) is 5.73. The van der Waals surface area contributed by atoms with E-state index in [1.54, 1.807) is 0 Å². The molecule has 1 aromatic heterocycles. The summed E-state index contributed by atoms with van der Waals surface area (Å²) in [4.78, 5) is 13.8. The molecule has 6 N–H and O–H groups in total. The number of aliphatic hydroxyl groups excluding tert-OH is 2. The number of nitrogens with zero attached hydrogens (tertiary/aromatic N) is 3. The zero-order valence-electron chi connectivity index (χ0n) is 24.6. The summed E-state index contributed by atoms with van der Waals surface area (Å²) in [5, 5.41) is 31.8. The molecule has 1 aromatic rings. The van der Waals surface area contributed by atoms with Crippen molar-refractivity contribution < 1.29 is 14.9 Å². The SMILES string of the molecule is COC(CCNc1nc(NCCCCCCO)nc(NCCCCCCO)n1)C1CC(C)(C)NC(C)(C)C1. The summed E-state index contributed by atoms with van der Waals surface area (Å²) in [7, 11) is 1.82. The Kier molecular flexibility index (Phi) is 14.6. The molecule has 220 valence electrons. The van der Waals surface area contributed by atoms with Gasteiger partial charge in [-0.1, -0.05) is 25.7 Å². The molecule has 2 rings (SSSR count). The number of ether oxygens (including phenoxy) is 1. The van der Waals surface area contributed by atoms with Crippen molar-refractivity contribution in [2.24, 2.45) is 5.92 Å². The number of methoxy groups -OCH3 is 1. The van der Waals surface area contributed by atoms with Crippen LogP contribution in [0.25, 0.3) is 0 Å². The van der Waals surface area contributed by atoms with Gasteiger partial charge in [-0.15, -0.1) is 0 Å². The molecule has 0 spiro atoms. The Morgan fingerprint density at radius 3 is 1.58 bits per heavy atom. The number of hydrogen-bond acceptors (Lipinski definition) is 10. The monoisotopic (exact) mass is 537 g/mol. The fourth-order valence-electron chi connectivity index (χ4n) is 5.73. The van der Waals surface area contributed by atoms with E-state index in [4.69, 9.17) is 14.9 Å².